The van der Waals surface area contributed by atoms with Crippen molar-refractivity contribution in [2.45, 2.75) is 17.8 Å². The van der Waals surface area contributed by atoms with Gasteiger partial charge in [-0.05, 0) is 17.7 Å². The lowest BCUT2D eigenvalue weighted by Gasteiger charge is -2.13. The first kappa shape index (κ1) is 15.2. The number of carboxylic acid groups (broad SMARTS) is 1. The van der Waals surface area contributed by atoms with Crippen molar-refractivity contribution in [2.24, 2.45) is 0 Å². The molecule has 1 aromatic carbocycles. The Kier molecular flexibility index (Phi) is 5.34. The van der Waals surface area contributed by atoms with Crippen molar-refractivity contribution in [2.75, 3.05) is 5.75 Å². The molecule has 0 aromatic heterocycles. The van der Waals surface area contributed by atoms with Gasteiger partial charge in [0, 0.05) is 10.8 Å². The van der Waals surface area contributed by atoms with Crippen molar-refractivity contribution in [3.8, 4) is 0 Å². The molecule has 1 unspecified atom stereocenters. The molecule has 0 bridgehead atoms. The Morgan fingerprint density at radius 2 is 1.89 bits per heavy atom. The van der Waals surface area contributed by atoms with E-state index in [1.54, 1.807) is 0 Å². The van der Waals surface area contributed by atoms with Crippen molar-refractivity contribution in [1.29, 1.82) is 0 Å². The number of rotatable bonds is 5. The topological polar surface area (TPSA) is 37.3 Å². The fraction of sp³-hybridized carbons (Fsp3) is 0.364. The summed E-state index contributed by atoms with van der Waals surface area (Å²) in [4.78, 5) is 11.0. The molecule has 2 nitrogen and oxygen atoms in total. The van der Waals surface area contributed by atoms with Gasteiger partial charge in [-0.3, -0.25) is 4.79 Å². The minimum Gasteiger partial charge on any atom is -0.480 e. The summed E-state index contributed by atoms with van der Waals surface area (Å²) < 4.78 is 36.0. The predicted octanol–water partition coefficient (Wildman–Crippen LogP) is 4.15. The second-order valence-electron chi connectivity index (χ2n) is 3.51. The lowest BCUT2D eigenvalue weighted by Crippen LogP contribution is -2.12. The third kappa shape index (κ3) is 5.18. The van der Waals surface area contributed by atoms with Crippen molar-refractivity contribution < 1.29 is 23.1 Å². The second kappa shape index (κ2) is 6.33. The van der Waals surface area contributed by atoms with Crippen LogP contribution < -0.4 is 0 Å². The van der Waals surface area contributed by atoms with Crippen LogP contribution in [0.2, 0.25) is 5.02 Å². The lowest BCUT2D eigenvalue weighted by molar-refractivity contribution is -0.137. The van der Waals surface area contributed by atoms with E-state index >= 15 is 0 Å². The molecule has 0 aliphatic rings. The Morgan fingerprint density at radius 3 is 2.33 bits per heavy atom. The van der Waals surface area contributed by atoms with E-state index in [9.17, 15) is 18.0 Å². The zero-order valence-corrected chi connectivity index (χ0v) is 10.6. The molecule has 0 aliphatic heterocycles. The van der Waals surface area contributed by atoms with E-state index in [0.29, 0.717) is 10.6 Å². The van der Waals surface area contributed by atoms with Crippen LogP contribution in [-0.2, 0) is 4.79 Å². The molecular weight excluding hydrogens is 289 g/mol. The summed E-state index contributed by atoms with van der Waals surface area (Å²) in [5.74, 6) is -1.45. The van der Waals surface area contributed by atoms with E-state index in [2.05, 4.69) is 0 Å². The maximum Gasteiger partial charge on any atom is 0.389 e. The van der Waals surface area contributed by atoms with Gasteiger partial charge >= 0.3 is 12.1 Å². The Labute approximate surface area is 111 Å². The van der Waals surface area contributed by atoms with Gasteiger partial charge in [-0.2, -0.15) is 13.2 Å². The molecule has 0 heterocycles. The third-order valence-electron chi connectivity index (χ3n) is 2.07. The summed E-state index contributed by atoms with van der Waals surface area (Å²) in [6, 6.07) is 6.03. The van der Waals surface area contributed by atoms with Crippen LogP contribution >= 0.6 is 23.4 Å². The van der Waals surface area contributed by atoms with E-state index in [0.717, 1.165) is 11.8 Å². The molecule has 0 saturated heterocycles. The number of halogens is 4. The summed E-state index contributed by atoms with van der Waals surface area (Å²) in [7, 11) is 0. The molecule has 18 heavy (non-hydrogen) atoms. The highest BCUT2D eigenvalue weighted by molar-refractivity contribution is 8.00. The molecule has 7 heteroatoms. The van der Waals surface area contributed by atoms with Gasteiger partial charge in [0.25, 0.3) is 0 Å². The summed E-state index contributed by atoms with van der Waals surface area (Å²) in [6.45, 7) is 0. The van der Waals surface area contributed by atoms with Crippen molar-refractivity contribution in [3.63, 3.8) is 0 Å². The maximum absolute atomic E-state index is 12.0. The molecule has 1 atom stereocenters. The highest BCUT2D eigenvalue weighted by atomic mass is 35.5. The van der Waals surface area contributed by atoms with E-state index in [1.165, 1.54) is 24.3 Å². The average molecular weight is 299 g/mol. The largest absolute Gasteiger partial charge is 0.480 e. The highest BCUT2D eigenvalue weighted by Crippen LogP contribution is 2.32. The molecule has 0 aliphatic carbocycles. The fourth-order valence-electron chi connectivity index (χ4n) is 1.24. The van der Waals surface area contributed by atoms with Gasteiger partial charge in [-0.1, -0.05) is 23.7 Å². The first-order chi connectivity index (χ1) is 8.29. The molecule has 100 valence electrons. The Balaban J connectivity index is 2.66. The molecule has 0 amide bonds. The van der Waals surface area contributed by atoms with Crippen LogP contribution in [-0.4, -0.2) is 23.0 Å². The van der Waals surface area contributed by atoms with Gasteiger partial charge in [0.1, 0.15) is 5.25 Å². The van der Waals surface area contributed by atoms with Gasteiger partial charge in [-0.25, -0.2) is 0 Å². The first-order valence-corrected chi connectivity index (χ1v) is 6.39. The Bertz CT molecular complexity index is 406. The average Bonchev–Trinajstić information content (AvgIpc) is 2.24. The quantitative estimate of drug-likeness (QED) is 0.887. The summed E-state index contributed by atoms with van der Waals surface area (Å²) in [5, 5.41) is 8.43. The van der Waals surface area contributed by atoms with E-state index in [1.807, 2.05) is 0 Å². The van der Waals surface area contributed by atoms with Crippen LogP contribution in [0.3, 0.4) is 0 Å². The van der Waals surface area contributed by atoms with Gasteiger partial charge in [-0.15, -0.1) is 11.8 Å². The van der Waals surface area contributed by atoms with Crippen molar-refractivity contribution in [1.82, 2.24) is 0 Å². The Morgan fingerprint density at radius 1 is 1.33 bits per heavy atom. The number of carboxylic acids is 1. The standard InChI is InChI=1S/C11H10ClF3O2S/c12-8-3-1-7(2-4-8)9(10(16)17)18-6-5-11(13,14)15/h1-4,9H,5-6H2,(H,16,17). The molecular formula is C11H10ClF3O2S. The summed E-state index contributed by atoms with van der Waals surface area (Å²) in [6.07, 6.45) is -5.27. The molecule has 0 saturated carbocycles. The van der Waals surface area contributed by atoms with Crippen LogP contribution in [0.5, 0.6) is 0 Å². The van der Waals surface area contributed by atoms with Crippen molar-refractivity contribution >= 4 is 29.3 Å². The van der Waals surface area contributed by atoms with Crippen LogP contribution in [0.1, 0.15) is 17.2 Å². The number of carbonyl (C=O) groups is 1. The van der Waals surface area contributed by atoms with Gasteiger partial charge in [0.15, 0.2) is 0 Å². The number of thioether (sulfide) groups is 1. The van der Waals surface area contributed by atoms with Gasteiger partial charge in [0.2, 0.25) is 0 Å². The van der Waals surface area contributed by atoms with Crippen LogP contribution in [0.25, 0.3) is 0 Å². The maximum atomic E-state index is 12.0. The van der Waals surface area contributed by atoms with Crippen LogP contribution in [0.4, 0.5) is 13.2 Å². The zero-order valence-electron chi connectivity index (χ0n) is 9.08. The summed E-state index contributed by atoms with van der Waals surface area (Å²) in [5.41, 5.74) is 0.430. The van der Waals surface area contributed by atoms with Crippen LogP contribution in [0.15, 0.2) is 24.3 Å². The van der Waals surface area contributed by atoms with E-state index in [-0.39, 0.29) is 5.75 Å². The number of hydrogen-bond acceptors (Lipinski definition) is 2. The minimum absolute atomic E-state index is 0.289. The number of benzene rings is 1. The molecule has 1 rings (SSSR count). The predicted molar refractivity (Wildman–Crippen MR) is 65.0 cm³/mol. The zero-order chi connectivity index (χ0) is 13.8. The van der Waals surface area contributed by atoms with E-state index < -0.39 is 23.8 Å². The normalized spacial score (nSPS) is 13.3. The third-order valence-corrected chi connectivity index (χ3v) is 3.57. The number of alkyl halides is 3. The fourth-order valence-corrected chi connectivity index (χ4v) is 2.44. The molecule has 1 aromatic rings. The first-order valence-electron chi connectivity index (χ1n) is 4.96. The SMILES string of the molecule is O=C(O)C(SCCC(F)(F)F)c1ccc(Cl)cc1. The lowest BCUT2D eigenvalue weighted by atomic mass is 10.1. The molecule has 0 radical (unpaired) electrons. The molecule has 1 N–H and O–H groups in total. The Hall–Kier alpha value is -0.880. The molecule has 0 spiro atoms. The minimum atomic E-state index is -4.27. The van der Waals surface area contributed by atoms with E-state index in [4.69, 9.17) is 16.7 Å². The number of aliphatic carboxylic acids is 1. The van der Waals surface area contributed by atoms with Gasteiger partial charge < -0.3 is 5.11 Å². The van der Waals surface area contributed by atoms with Crippen molar-refractivity contribution in [3.05, 3.63) is 34.9 Å². The molecule has 0 fully saturated rings. The second-order valence-corrected chi connectivity index (χ2v) is 5.16. The monoisotopic (exact) mass is 298 g/mol. The smallest absolute Gasteiger partial charge is 0.389 e. The van der Waals surface area contributed by atoms with Gasteiger partial charge in [0.05, 0.1) is 6.42 Å². The highest BCUT2D eigenvalue weighted by Gasteiger charge is 2.28. The summed E-state index contributed by atoms with van der Waals surface area (Å²) >= 11 is 6.41. The van der Waals surface area contributed by atoms with Crippen LogP contribution in [0, 0.1) is 0 Å². The number of hydrogen-bond donors (Lipinski definition) is 1.